The second kappa shape index (κ2) is 7.72. The van der Waals surface area contributed by atoms with Crippen molar-refractivity contribution in [2.45, 2.75) is 12.7 Å². The first kappa shape index (κ1) is 19.0. The maximum atomic E-state index is 12.6. The molecule has 138 valence electrons. The summed E-state index contributed by atoms with van der Waals surface area (Å²) in [5, 5.41) is 24.6. The maximum Gasteiger partial charge on any atom is 0.416 e. The molecule has 7 nitrogen and oxygen atoms in total. The number of non-ortho nitro benzene ring substituents is 1. The van der Waals surface area contributed by atoms with Gasteiger partial charge in [-0.2, -0.15) is 13.2 Å². The molecule has 2 aromatic carbocycles. The average molecular weight is 369 g/mol. The van der Waals surface area contributed by atoms with Crippen molar-refractivity contribution in [3.63, 3.8) is 0 Å². The molecule has 0 saturated heterocycles. The van der Waals surface area contributed by atoms with Crippen LogP contribution in [0.25, 0.3) is 0 Å². The summed E-state index contributed by atoms with van der Waals surface area (Å²) < 4.78 is 42.8. The Kier molecular flexibility index (Phi) is 5.65. The highest BCUT2D eigenvalue weighted by molar-refractivity contribution is 5.77. The van der Waals surface area contributed by atoms with Gasteiger partial charge in [0.15, 0.2) is 6.61 Å². The fraction of sp³-hybridized carbons (Fsp3) is 0.188. The third-order valence-corrected chi connectivity index (χ3v) is 3.26. The van der Waals surface area contributed by atoms with Crippen molar-refractivity contribution < 1.29 is 32.7 Å². The molecular weight excluding hydrogens is 357 g/mol. The molecule has 26 heavy (non-hydrogen) atoms. The number of hydrogen-bond donors (Lipinski definition) is 1. The zero-order valence-corrected chi connectivity index (χ0v) is 13.1. The smallest absolute Gasteiger partial charge is 0.416 e. The molecule has 1 N–H and O–H groups in total. The van der Waals surface area contributed by atoms with Crippen LogP contribution >= 0.6 is 0 Å². The van der Waals surface area contributed by atoms with Gasteiger partial charge in [-0.15, -0.1) is 5.75 Å². The molecule has 0 unspecified atom stereocenters. The molecule has 0 bridgehead atoms. The van der Waals surface area contributed by atoms with Crippen LogP contribution in [-0.2, 0) is 17.5 Å². The third-order valence-electron chi connectivity index (χ3n) is 3.26. The standard InChI is InChI=1S/C16H13F3N2O5/c17-16(18,19)11-2-1-3-13(7-11)26-9-15(23)20-8-10-6-12(21(24)25)4-5-14(10)22/h1-7,22H,8-9H2,(H,20,23)/p-1. The molecule has 0 atom stereocenters. The normalized spacial score (nSPS) is 11.0. The number of nitro groups is 1. The van der Waals surface area contributed by atoms with Gasteiger partial charge in [-0.3, -0.25) is 14.9 Å². The molecule has 0 fully saturated rings. The Bertz CT molecular complexity index is 824. The minimum atomic E-state index is -4.53. The predicted molar refractivity (Wildman–Crippen MR) is 81.3 cm³/mol. The number of hydrogen-bond acceptors (Lipinski definition) is 5. The van der Waals surface area contributed by atoms with Crippen molar-refractivity contribution in [3.8, 4) is 11.5 Å². The number of carbonyl (C=O) groups excluding carboxylic acids is 1. The Labute approximate surface area is 145 Å². The van der Waals surface area contributed by atoms with E-state index in [-0.39, 0.29) is 23.5 Å². The Hall–Kier alpha value is -3.30. The molecule has 0 aliphatic heterocycles. The lowest BCUT2D eigenvalue weighted by Crippen LogP contribution is -2.28. The molecular formula is C16H12F3N2O5-. The van der Waals surface area contributed by atoms with E-state index in [0.29, 0.717) is 0 Å². The van der Waals surface area contributed by atoms with Crippen LogP contribution in [0.1, 0.15) is 11.1 Å². The topological polar surface area (TPSA) is 105 Å². The lowest BCUT2D eigenvalue weighted by atomic mass is 10.2. The van der Waals surface area contributed by atoms with Gasteiger partial charge in [-0.25, -0.2) is 0 Å². The number of halogens is 3. The van der Waals surface area contributed by atoms with Crippen LogP contribution < -0.4 is 15.2 Å². The van der Waals surface area contributed by atoms with E-state index in [9.17, 15) is 33.2 Å². The van der Waals surface area contributed by atoms with Crippen LogP contribution in [0.3, 0.4) is 0 Å². The summed E-state index contributed by atoms with van der Waals surface area (Å²) in [5.41, 5.74) is -1.20. The fourth-order valence-corrected chi connectivity index (χ4v) is 1.97. The molecule has 10 heteroatoms. The zero-order chi connectivity index (χ0) is 19.3. The molecule has 2 aromatic rings. The number of amides is 1. The molecule has 1 amide bonds. The minimum Gasteiger partial charge on any atom is -0.872 e. The minimum absolute atomic E-state index is 0.00613. The summed E-state index contributed by atoms with van der Waals surface area (Å²) in [7, 11) is 0. The molecule has 0 aliphatic rings. The molecule has 0 saturated carbocycles. The van der Waals surface area contributed by atoms with E-state index < -0.39 is 34.9 Å². The van der Waals surface area contributed by atoms with Crippen LogP contribution in [0.15, 0.2) is 42.5 Å². The number of carbonyl (C=O) groups is 1. The maximum absolute atomic E-state index is 12.6. The van der Waals surface area contributed by atoms with Gasteiger partial charge in [-0.1, -0.05) is 12.1 Å². The lowest BCUT2D eigenvalue weighted by Gasteiger charge is -2.14. The summed E-state index contributed by atoms with van der Waals surface area (Å²) in [6, 6.07) is 7.12. The number of nitro benzene ring substituents is 1. The molecule has 0 aliphatic carbocycles. The second-order valence-electron chi connectivity index (χ2n) is 5.14. The first-order chi connectivity index (χ1) is 12.2. The summed E-state index contributed by atoms with van der Waals surface area (Å²) in [4.78, 5) is 21.7. The van der Waals surface area contributed by atoms with Gasteiger partial charge in [0.25, 0.3) is 11.6 Å². The largest absolute Gasteiger partial charge is 0.872 e. The zero-order valence-electron chi connectivity index (χ0n) is 13.1. The van der Waals surface area contributed by atoms with Gasteiger partial charge in [0.05, 0.1) is 10.5 Å². The quantitative estimate of drug-likeness (QED) is 0.622. The Balaban J connectivity index is 1.92. The molecule has 0 spiro atoms. The summed E-state index contributed by atoms with van der Waals surface area (Å²) in [6.07, 6.45) is -4.53. The van der Waals surface area contributed by atoms with Crippen molar-refractivity contribution in [3.05, 3.63) is 63.7 Å². The van der Waals surface area contributed by atoms with Crippen molar-refractivity contribution >= 4 is 11.6 Å². The van der Waals surface area contributed by atoms with Crippen molar-refractivity contribution in [1.82, 2.24) is 5.32 Å². The number of ether oxygens (including phenoxy) is 1. The Morgan fingerprint density at radius 2 is 1.92 bits per heavy atom. The third kappa shape index (κ3) is 5.10. The van der Waals surface area contributed by atoms with E-state index in [1.807, 2.05) is 0 Å². The summed E-state index contributed by atoms with van der Waals surface area (Å²) in [5.74, 6) is -1.34. The van der Waals surface area contributed by atoms with Crippen LogP contribution in [-0.4, -0.2) is 17.4 Å². The SMILES string of the molecule is O=C(COc1cccc(C(F)(F)F)c1)NCc1cc([N+](=O)[O-])ccc1[O-]. The van der Waals surface area contributed by atoms with E-state index in [0.717, 1.165) is 36.4 Å². The highest BCUT2D eigenvalue weighted by atomic mass is 19.4. The fourth-order valence-electron chi connectivity index (χ4n) is 1.97. The van der Waals surface area contributed by atoms with Gasteiger partial charge >= 0.3 is 6.18 Å². The number of rotatable bonds is 6. The number of benzene rings is 2. The second-order valence-corrected chi connectivity index (χ2v) is 5.14. The number of nitrogens with one attached hydrogen (secondary N) is 1. The van der Waals surface area contributed by atoms with E-state index in [2.05, 4.69) is 5.32 Å². The van der Waals surface area contributed by atoms with Crippen LogP contribution in [0, 0.1) is 10.1 Å². The van der Waals surface area contributed by atoms with Gasteiger partial charge in [0.2, 0.25) is 0 Å². The first-order valence-electron chi connectivity index (χ1n) is 7.18. The van der Waals surface area contributed by atoms with Crippen molar-refractivity contribution in [1.29, 1.82) is 0 Å². The van der Waals surface area contributed by atoms with E-state index in [4.69, 9.17) is 4.74 Å². The first-order valence-corrected chi connectivity index (χ1v) is 7.18. The highest BCUT2D eigenvalue weighted by Crippen LogP contribution is 2.31. The van der Waals surface area contributed by atoms with E-state index >= 15 is 0 Å². The van der Waals surface area contributed by atoms with Crippen LogP contribution in [0.5, 0.6) is 11.5 Å². The summed E-state index contributed by atoms with van der Waals surface area (Å²) in [6.45, 7) is -0.851. The summed E-state index contributed by atoms with van der Waals surface area (Å²) >= 11 is 0. The number of nitrogens with zero attached hydrogens (tertiary/aromatic N) is 1. The molecule has 0 heterocycles. The lowest BCUT2D eigenvalue weighted by molar-refractivity contribution is -0.385. The van der Waals surface area contributed by atoms with E-state index in [1.165, 1.54) is 6.07 Å². The molecule has 0 aromatic heterocycles. The number of alkyl halides is 3. The molecule has 2 rings (SSSR count). The van der Waals surface area contributed by atoms with Gasteiger partial charge < -0.3 is 15.2 Å². The van der Waals surface area contributed by atoms with Gasteiger partial charge in [0.1, 0.15) is 5.75 Å². The van der Waals surface area contributed by atoms with Crippen molar-refractivity contribution in [2.75, 3.05) is 6.61 Å². The highest BCUT2D eigenvalue weighted by Gasteiger charge is 2.30. The van der Waals surface area contributed by atoms with Crippen molar-refractivity contribution in [2.24, 2.45) is 0 Å². The van der Waals surface area contributed by atoms with Gasteiger partial charge in [0, 0.05) is 18.7 Å². The Morgan fingerprint density at radius 1 is 1.19 bits per heavy atom. The predicted octanol–water partition coefficient (Wildman–Crippen LogP) is 2.38. The average Bonchev–Trinajstić information content (AvgIpc) is 2.58. The van der Waals surface area contributed by atoms with Crippen LogP contribution in [0.2, 0.25) is 0 Å². The van der Waals surface area contributed by atoms with Gasteiger partial charge in [-0.05, 0) is 23.8 Å². The Morgan fingerprint density at radius 3 is 2.58 bits per heavy atom. The molecule has 0 radical (unpaired) electrons. The van der Waals surface area contributed by atoms with Crippen LogP contribution in [0.4, 0.5) is 18.9 Å². The monoisotopic (exact) mass is 369 g/mol. The van der Waals surface area contributed by atoms with E-state index in [1.54, 1.807) is 0 Å².